The molecule has 6 nitrogen and oxygen atoms in total. The fourth-order valence-electron chi connectivity index (χ4n) is 2.67. The molecule has 3 rings (SSSR count). The van der Waals surface area contributed by atoms with Gasteiger partial charge in [-0.05, 0) is 13.8 Å². The van der Waals surface area contributed by atoms with Crippen LogP contribution in [0.25, 0.3) is 11.2 Å². The highest BCUT2D eigenvalue weighted by molar-refractivity contribution is 5.83. The Hall–Kier alpha value is -1.69. The fraction of sp³-hybridized carbons (Fsp3) is 0.583. The van der Waals surface area contributed by atoms with Crippen LogP contribution in [0.1, 0.15) is 13.8 Å². The summed E-state index contributed by atoms with van der Waals surface area (Å²) in [6.45, 7) is 6.37. The van der Waals surface area contributed by atoms with E-state index < -0.39 is 0 Å². The lowest BCUT2D eigenvalue weighted by molar-refractivity contribution is 0.429. The van der Waals surface area contributed by atoms with E-state index >= 15 is 0 Å². The van der Waals surface area contributed by atoms with Gasteiger partial charge in [-0.15, -0.1) is 0 Å². The summed E-state index contributed by atoms with van der Waals surface area (Å²) in [6, 6.07) is 0.822. The highest BCUT2D eigenvalue weighted by Gasteiger charge is 2.27. The topological polar surface area (TPSA) is 58.9 Å². The second-order valence-electron chi connectivity index (χ2n) is 4.99. The number of rotatable bonds is 1. The average Bonchev–Trinajstić information content (AvgIpc) is 2.72. The van der Waals surface area contributed by atoms with Crippen molar-refractivity contribution in [1.82, 2.24) is 24.8 Å². The molecule has 1 aliphatic rings. The van der Waals surface area contributed by atoms with Gasteiger partial charge in [0.25, 0.3) is 0 Å². The molecule has 0 radical (unpaired) electrons. The average molecular weight is 246 g/mol. The van der Waals surface area contributed by atoms with Gasteiger partial charge in [0.1, 0.15) is 6.33 Å². The van der Waals surface area contributed by atoms with Crippen LogP contribution in [0.4, 0.5) is 5.82 Å². The van der Waals surface area contributed by atoms with Crippen molar-refractivity contribution in [2.75, 3.05) is 18.0 Å². The van der Waals surface area contributed by atoms with Gasteiger partial charge in [0.2, 0.25) is 0 Å². The molecule has 0 aromatic carbocycles. The lowest BCUT2D eigenvalue weighted by Gasteiger charge is -2.40. The Kier molecular flexibility index (Phi) is 2.66. The first kappa shape index (κ1) is 11.4. The van der Waals surface area contributed by atoms with Crippen molar-refractivity contribution >= 4 is 17.0 Å². The maximum absolute atomic E-state index is 4.46. The van der Waals surface area contributed by atoms with E-state index in [-0.39, 0.29) is 0 Å². The van der Waals surface area contributed by atoms with Crippen LogP contribution in [0.2, 0.25) is 0 Å². The molecule has 1 saturated heterocycles. The molecular formula is C12H18N6. The van der Waals surface area contributed by atoms with E-state index in [1.165, 1.54) is 0 Å². The SMILES string of the molecule is CC1CNCC(C)N1c1ncnc2c1ncn2C. The summed E-state index contributed by atoms with van der Waals surface area (Å²) in [4.78, 5) is 15.5. The molecule has 2 atom stereocenters. The smallest absolute Gasteiger partial charge is 0.165 e. The Bertz CT molecular complexity index is 553. The van der Waals surface area contributed by atoms with E-state index in [4.69, 9.17) is 0 Å². The lowest BCUT2D eigenvalue weighted by Crippen LogP contribution is -2.55. The van der Waals surface area contributed by atoms with Gasteiger partial charge in [-0.3, -0.25) is 0 Å². The predicted molar refractivity (Wildman–Crippen MR) is 70.6 cm³/mol. The standard InChI is InChI=1S/C12H18N6/c1-8-4-13-5-9(2)18(8)12-10-11(14-6-15-12)17(3)7-16-10/h6-9,13H,4-5H2,1-3H3. The van der Waals surface area contributed by atoms with Crippen LogP contribution < -0.4 is 10.2 Å². The molecule has 96 valence electrons. The summed E-state index contributed by atoms with van der Waals surface area (Å²) in [6.07, 6.45) is 3.42. The zero-order chi connectivity index (χ0) is 12.7. The summed E-state index contributed by atoms with van der Waals surface area (Å²) < 4.78 is 1.93. The minimum absolute atomic E-state index is 0.411. The van der Waals surface area contributed by atoms with Gasteiger partial charge >= 0.3 is 0 Å². The molecule has 0 saturated carbocycles. The maximum Gasteiger partial charge on any atom is 0.165 e. The van der Waals surface area contributed by atoms with E-state index in [0.29, 0.717) is 12.1 Å². The minimum Gasteiger partial charge on any atom is -0.347 e. The van der Waals surface area contributed by atoms with Crippen LogP contribution in [0.5, 0.6) is 0 Å². The summed E-state index contributed by atoms with van der Waals surface area (Å²) in [5.74, 6) is 0.946. The second kappa shape index (κ2) is 4.20. The van der Waals surface area contributed by atoms with Crippen molar-refractivity contribution < 1.29 is 0 Å². The van der Waals surface area contributed by atoms with Gasteiger partial charge in [-0.2, -0.15) is 0 Å². The van der Waals surface area contributed by atoms with Crippen LogP contribution in [0, 0.1) is 0 Å². The zero-order valence-corrected chi connectivity index (χ0v) is 11.0. The van der Waals surface area contributed by atoms with Gasteiger partial charge < -0.3 is 14.8 Å². The number of aromatic nitrogens is 4. The van der Waals surface area contributed by atoms with Crippen molar-refractivity contribution in [2.45, 2.75) is 25.9 Å². The highest BCUT2D eigenvalue weighted by Crippen LogP contribution is 2.25. The third kappa shape index (κ3) is 1.64. The Morgan fingerprint density at radius 1 is 1.17 bits per heavy atom. The number of imidazole rings is 1. The van der Waals surface area contributed by atoms with Crippen LogP contribution in [0.15, 0.2) is 12.7 Å². The molecule has 0 amide bonds. The van der Waals surface area contributed by atoms with E-state index in [9.17, 15) is 0 Å². The monoisotopic (exact) mass is 246 g/mol. The van der Waals surface area contributed by atoms with Crippen LogP contribution in [-0.2, 0) is 7.05 Å². The first-order valence-electron chi connectivity index (χ1n) is 6.29. The van der Waals surface area contributed by atoms with Crippen molar-refractivity contribution in [3.63, 3.8) is 0 Å². The summed E-state index contributed by atoms with van der Waals surface area (Å²) in [5.41, 5.74) is 1.78. The molecule has 2 aromatic heterocycles. The third-order valence-corrected chi connectivity index (χ3v) is 3.55. The summed E-state index contributed by atoms with van der Waals surface area (Å²) >= 11 is 0. The molecule has 18 heavy (non-hydrogen) atoms. The first-order chi connectivity index (χ1) is 8.68. The molecule has 3 heterocycles. The second-order valence-corrected chi connectivity index (χ2v) is 4.99. The Morgan fingerprint density at radius 3 is 2.61 bits per heavy atom. The summed E-state index contributed by atoms with van der Waals surface area (Å²) in [7, 11) is 1.96. The molecule has 0 spiro atoms. The Balaban J connectivity index is 2.12. The minimum atomic E-state index is 0.411. The molecule has 0 bridgehead atoms. The maximum atomic E-state index is 4.46. The summed E-state index contributed by atoms with van der Waals surface area (Å²) in [5, 5.41) is 3.43. The normalized spacial score (nSPS) is 24.7. The van der Waals surface area contributed by atoms with Gasteiger partial charge in [-0.1, -0.05) is 0 Å². The lowest BCUT2D eigenvalue weighted by atomic mass is 10.1. The number of anilines is 1. The van der Waals surface area contributed by atoms with Crippen molar-refractivity contribution in [2.24, 2.45) is 7.05 Å². The molecule has 1 aliphatic heterocycles. The molecular weight excluding hydrogens is 228 g/mol. The zero-order valence-electron chi connectivity index (χ0n) is 11.0. The number of aryl methyl sites for hydroxylation is 1. The quantitative estimate of drug-likeness (QED) is 0.796. The predicted octanol–water partition coefficient (Wildman–Crippen LogP) is 0.550. The van der Waals surface area contributed by atoms with Gasteiger partial charge in [0, 0.05) is 32.2 Å². The van der Waals surface area contributed by atoms with Gasteiger partial charge in [0.05, 0.1) is 6.33 Å². The highest BCUT2D eigenvalue weighted by atomic mass is 15.3. The van der Waals surface area contributed by atoms with E-state index in [1.807, 2.05) is 11.6 Å². The van der Waals surface area contributed by atoms with Crippen molar-refractivity contribution in [3.8, 4) is 0 Å². The number of hydrogen-bond acceptors (Lipinski definition) is 5. The Labute approximate surface area is 106 Å². The molecule has 1 fully saturated rings. The third-order valence-electron chi connectivity index (χ3n) is 3.55. The van der Waals surface area contributed by atoms with Crippen LogP contribution in [0.3, 0.4) is 0 Å². The first-order valence-corrected chi connectivity index (χ1v) is 6.29. The Morgan fingerprint density at radius 2 is 1.89 bits per heavy atom. The molecule has 6 heteroatoms. The molecule has 0 aliphatic carbocycles. The number of piperazine rings is 1. The van der Waals surface area contributed by atoms with Crippen LogP contribution >= 0.6 is 0 Å². The molecule has 2 aromatic rings. The van der Waals surface area contributed by atoms with E-state index in [2.05, 4.69) is 39.0 Å². The largest absolute Gasteiger partial charge is 0.347 e. The van der Waals surface area contributed by atoms with Crippen molar-refractivity contribution in [1.29, 1.82) is 0 Å². The number of nitrogens with one attached hydrogen (secondary N) is 1. The van der Waals surface area contributed by atoms with Crippen molar-refractivity contribution in [3.05, 3.63) is 12.7 Å². The number of hydrogen-bond donors (Lipinski definition) is 1. The fourth-order valence-corrected chi connectivity index (χ4v) is 2.67. The number of fused-ring (bicyclic) bond motifs is 1. The van der Waals surface area contributed by atoms with E-state index in [1.54, 1.807) is 12.7 Å². The van der Waals surface area contributed by atoms with Crippen LogP contribution in [-0.4, -0.2) is 44.7 Å². The van der Waals surface area contributed by atoms with E-state index in [0.717, 1.165) is 30.1 Å². The molecule has 1 N–H and O–H groups in total. The number of nitrogens with zero attached hydrogens (tertiary/aromatic N) is 5. The molecule has 2 unspecified atom stereocenters. The van der Waals surface area contributed by atoms with Gasteiger partial charge in [0.15, 0.2) is 17.0 Å². The van der Waals surface area contributed by atoms with Gasteiger partial charge in [-0.25, -0.2) is 15.0 Å².